The van der Waals surface area contributed by atoms with E-state index in [1.807, 2.05) is 0 Å². The van der Waals surface area contributed by atoms with Gasteiger partial charge in [0.25, 0.3) is 0 Å². The van der Waals surface area contributed by atoms with Crippen molar-refractivity contribution in [1.29, 1.82) is 0 Å². The van der Waals surface area contributed by atoms with Crippen molar-refractivity contribution in [2.75, 3.05) is 30.8 Å². The van der Waals surface area contributed by atoms with Crippen molar-refractivity contribution in [2.24, 2.45) is 0 Å². The van der Waals surface area contributed by atoms with Crippen LogP contribution in [0.15, 0.2) is 29.2 Å². The van der Waals surface area contributed by atoms with E-state index in [2.05, 4.69) is 5.32 Å². The summed E-state index contributed by atoms with van der Waals surface area (Å²) >= 11 is 6.50. The maximum absolute atomic E-state index is 14.9. The van der Waals surface area contributed by atoms with E-state index in [4.69, 9.17) is 31.9 Å². The van der Waals surface area contributed by atoms with Crippen molar-refractivity contribution in [3.8, 4) is 5.69 Å². The number of hydrogen-bond donors (Lipinski definition) is 3. The molecule has 186 valence electrons. The first-order chi connectivity index (χ1) is 16.6. The lowest BCUT2D eigenvalue weighted by Crippen LogP contribution is -2.22. The topological polar surface area (TPSA) is 133 Å². The monoisotopic (exact) mass is 509 g/mol. The lowest BCUT2D eigenvalue weighted by molar-refractivity contribution is -0.142. The molecule has 0 aliphatic rings. The van der Waals surface area contributed by atoms with Crippen LogP contribution in [0.2, 0.25) is 5.02 Å². The van der Waals surface area contributed by atoms with Crippen LogP contribution < -0.4 is 16.5 Å². The molecule has 0 fully saturated rings. The number of nitrogen functional groups attached to an aromatic ring is 1. The molecular formula is C23H22ClF2N3O6. The highest BCUT2D eigenvalue weighted by molar-refractivity contribution is 6.38. The van der Waals surface area contributed by atoms with Crippen molar-refractivity contribution in [3.63, 3.8) is 0 Å². The number of aliphatic hydroxyl groups excluding tert-OH is 1. The number of ether oxygens (including phenoxy) is 2. The Hall–Kier alpha value is -3.70. The average molecular weight is 510 g/mol. The summed E-state index contributed by atoms with van der Waals surface area (Å²) in [6.45, 7) is 1.93. The van der Waals surface area contributed by atoms with Gasteiger partial charge >= 0.3 is 11.9 Å². The van der Waals surface area contributed by atoms with E-state index in [0.717, 1.165) is 18.3 Å². The van der Waals surface area contributed by atoms with Gasteiger partial charge in [-0.2, -0.15) is 0 Å². The van der Waals surface area contributed by atoms with Crippen LogP contribution in [-0.2, 0) is 20.9 Å². The molecule has 1 heterocycles. The molecule has 0 saturated heterocycles. The fourth-order valence-corrected chi connectivity index (χ4v) is 3.79. The molecule has 4 N–H and O–H groups in total. The molecule has 0 unspecified atom stereocenters. The molecule has 35 heavy (non-hydrogen) atoms. The summed E-state index contributed by atoms with van der Waals surface area (Å²) in [7, 11) is 0. The standard InChI is InChI=1S/C23H22ClF2N3O6/c1-3-34-23(33)14-9-29(18-8-17(27)15(25)6-12(18)10-35-11(2)31)21-13(22(14)32)7-16(26)20(19(21)24)28-4-5-30/h6-9,28,30H,3-5,10,27H2,1-2H3. The Morgan fingerprint density at radius 1 is 1.20 bits per heavy atom. The maximum Gasteiger partial charge on any atom is 0.343 e. The van der Waals surface area contributed by atoms with Gasteiger partial charge in [-0.15, -0.1) is 0 Å². The minimum atomic E-state index is -0.969. The number of benzene rings is 2. The van der Waals surface area contributed by atoms with E-state index in [9.17, 15) is 23.2 Å². The molecule has 2 aromatic carbocycles. The van der Waals surface area contributed by atoms with Gasteiger partial charge in [0.2, 0.25) is 5.43 Å². The van der Waals surface area contributed by atoms with Crippen LogP contribution in [0.4, 0.5) is 20.2 Å². The number of carbonyl (C=O) groups excluding carboxylic acids is 2. The highest BCUT2D eigenvalue weighted by Crippen LogP contribution is 2.35. The largest absolute Gasteiger partial charge is 0.462 e. The number of aliphatic hydroxyl groups is 1. The molecule has 0 amide bonds. The molecule has 0 radical (unpaired) electrons. The van der Waals surface area contributed by atoms with Crippen molar-refractivity contribution in [1.82, 2.24) is 4.57 Å². The van der Waals surface area contributed by atoms with E-state index in [0.29, 0.717) is 0 Å². The highest BCUT2D eigenvalue weighted by atomic mass is 35.5. The predicted octanol–water partition coefficient (Wildman–Crippen LogP) is 3.15. The Morgan fingerprint density at radius 2 is 1.91 bits per heavy atom. The second-order valence-electron chi connectivity index (χ2n) is 7.34. The third-order valence-corrected chi connectivity index (χ3v) is 5.35. The first-order valence-corrected chi connectivity index (χ1v) is 10.8. The summed E-state index contributed by atoms with van der Waals surface area (Å²) in [5, 5.41) is 11.2. The summed E-state index contributed by atoms with van der Waals surface area (Å²) < 4.78 is 40.4. The molecule has 0 spiro atoms. The minimum absolute atomic E-state index is 0.0311. The smallest absolute Gasteiger partial charge is 0.343 e. The average Bonchev–Trinajstić information content (AvgIpc) is 2.80. The van der Waals surface area contributed by atoms with Gasteiger partial charge in [-0.25, -0.2) is 13.6 Å². The molecule has 3 rings (SSSR count). The first kappa shape index (κ1) is 25.9. The molecule has 0 bridgehead atoms. The molecule has 0 aliphatic heterocycles. The number of carbonyl (C=O) groups is 2. The lowest BCUT2D eigenvalue weighted by atomic mass is 10.1. The minimum Gasteiger partial charge on any atom is -0.462 e. The molecule has 9 nitrogen and oxygen atoms in total. The van der Waals surface area contributed by atoms with E-state index in [1.54, 1.807) is 6.92 Å². The van der Waals surface area contributed by atoms with E-state index < -0.39 is 34.6 Å². The number of pyridine rings is 1. The van der Waals surface area contributed by atoms with Gasteiger partial charge in [0.05, 0.1) is 46.2 Å². The van der Waals surface area contributed by atoms with Gasteiger partial charge in [0.15, 0.2) is 0 Å². The molecule has 1 aromatic heterocycles. The van der Waals surface area contributed by atoms with Crippen LogP contribution in [-0.4, -0.2) is 41.4 Å². The van der Waals surface area contributed by atoms with Crippen LogP contribution in [0.3, 0.4) is 0 Å². The van der Waals surface area contributed by atoms with Crippen LogP contribution in [0.1, 0.15) is 29.8 Å². The summed E-state index contributed by atoms with van der Waals surface area (Å²) in [5.74, 6) is -3.31. The number of hydrogen-bond acceptors (Lipinski definition) is 8. The quantitative estimate of drug-likeness (QED) is 0.311. The third-order valence-electron chi connectivity index (χ3n) is 4.98. The van der Waals surface area contributed by atoms with Crippen LogP contribution >= 0.6 is 11.6 Å². The van der Waals surface area contributed by atoms with Crippen molar-refractivity contribution in [2.45, 2.75) is 20.5 Å². The van der Waals surface area contributed by atoms with Crippen molar-refractivity contribution < 1.29 is 33.0 Å². The van der Waals surface area contributed by atoms with Crippen LogP contribution in [0.5, 0.6) is 0 Å². The second kappa shape index (κ2) is 10.7. The highest BCUT2D eigenvalue weighted by Gasteiger charge is 2.24. The van der Waals surface area contributed by atoms with Crippen LogP contribution in [0.25, 0.3) is 16.6 Å². The van der Waals surface area contributed by atoms with Gasteiger partial charge in [-0.05, 0) is 25.1 Å². The van der Waals surface area contributed by atoms with E-state index in [1.165, 1.54) is 17.6 Å². The number of anilines is 2. The lowest BCUT2D eigenvalue weighted by Gasteiger charge is -2.20. The van der Waals surface area contributed by atoms with Gasteiger partial charge in [-0.3, -0.25) is 9.59 Å². The molecule has 3 aromatic rings. The number of nitrogens with zero attached hydrogens (tertiary/aromatic N) is 1. The van der Waals surface area contributed by atoms with Crippen molar-refractivity contribution >= 4 is 45.8 Å². The number of fused-ring (bicyclic) bond motifs is 1. The zero-order valence-corrected chi connectivity index (χ0v) is 19.5. The molecular weight excluding hydrogens is 488 g/mol. The zero-order chi connectivity index (χ0) is 25.9. The maximum atomic E-state index is 14.9. The van der Waals surface area contributed by atoms with Gasteiger partial charge in [0, 0.05) is 25.2 Å². The number of aromatic nitrogens is 1. The molecule has 0 saturated carbocycles. The summed E-state index contributed by atoms with van der Waals surface area (Å²) in [6.07, 6.45) is 1.12. The molecule has 0 atom stereocenters. The Kier molecular flexibility index (Phi) is 7.92. The van der Waals surface area contributed by atoms with E-state index in [-0.39, 0.29) is 64.9 Å². The van der Waals surface area contributed by atoms with E-state index >= 15 is 0 Å². The SMILES string of the molecule is CCOC(=O)c1cn(-c2cc(N)c(F)cc2COC(C)=O)c2c(Cl)c(NCCO)c(F)cc2c1=O. The second-order valence-corrected chi connectivity index (χ2v) is 7.72. The molecule has 0 aliphatic carbocycles. The van der Waals surface area contributed by atoms with Crippen molar-refractivity contribution in [3.05, 3.63) is 62.4 Å². The third kappa shape index (κ3) is 5.20. The fourth-order valence-electron chi connectivity index (χ4n) is 3.44. The predicted molar refractivity (Wildman–Crippen MR) is 126 cm³/mol. The normalized spacial score (nSPS) is 10.9. The zero-order valence-electron chi connectivity index (χ0n) is 18.8. The number of nitrogens with one attached hydrogen (secondary N) is 1. The summed E-state index contributed by atoms with van der Waals surface area (Å²) in [6, 6.07) is 3.12. The van der Waals surface area contributed by atoms with Gasteiger partial charge in [0.1, 0.15) is 23.8 Å². The Morgan fingerprint density at radius 3 is 2.54 bits per heavy atom. The van der Waals surface area contributed by atoms with Gasteiger partial charge < -0.3 is 30.2 Å². The summed E-state index contributed by atoms with van der Waals surface area (Å²) in [4.78, 5) is 37.0. The Bertz CT molecular complexity index is 1380. The number of rotatable bonds is 8. The fraction of sp³-hybridized carbons (Fsp3) is 0.261. The summed E-state index contributed by atoms with van der Waals surface area (Å²) in [5.41, 5.74) is 4.20. The number of nitrogens with two attached hydrogens (primary N) is 1. The Balaban J connectivity index is 2.47. The van der Waals surface area contributed by atoms with Gasteiger partial charge in [-0.1, -0.05) is 11.6 Å². The number of halogens is 3. The first-order valence-electron chi connectivity index (χ1n) is 10.4. The van der Waals surface area contributed by atoms with Crippen LogP contribution in [0, 0.1) is 11.6 Å². The molecule has 12 heteroatoms. The Labute approximate surface area is 203 Å². The number of esters is 2.